The van der Waals surface area contributed by atoms with E-state index in [-0.39, 0.29) is 18.1 Å². The van der Waals surface area contributed by atoms with Gasteiger partial charge in [-0.2, -0.15) is 4.98 Å². The molecule has 1 aliphatic heterocycles. The summed E-state index contributed by atoms with van der Waals surface area (Å²) in [4.78, 5) is 17.6. The highest BCUT2D eigenvalue weighted by Crippen LogP contribution is 2.26. The Labute approximate surface area is 163 Å². The summed E-state index contributed by atoms with van der Waals surface area (Å²) in [5.41, 5.74) is 1.97. The number of carbonyl (C=O) groups excluding carboxylic acids is 1. The van der Waals surface area contributed by atoms with Crippen molar-refractivity contribution < 1.29 is 14.1 Å². The van der Waals surface area contributed by atoms with Crippen molar-refractivity contribution in [1.29, 1.82) is 0 Å². The molecule has 4 rings (SSSR count). The second-order valence-corrected chi connectivity index (χ2v) is 6.90. The number of anilines is 1. The first-order valence-electron chi connectivity index (χ1n) is 9.26. The maximum Gasteiger partial charge on any atom is 0.324 e. The van der Waals surface area contributed by atoms with Gasteiger partial charge in [0.05, 0.1) is 19.1 Å². The van der Waals surface area contributed by atoms with Crippen LogP contribution in [-0.4, -0.2) is 35.2 Å². The van der Waals surface area contributed by atoms with E-state index in [0.29, 0.717) is 24.9 Å². The van der Waals surface area contributed by atoms with Gasteiger partial charge in [0.2, 0.25) is 11.7 Å². The molecule has 0 aliphatic carbocycles. The van der Waals surface area contributed by atoms with Gasteiger partial charge in [0.25, 0.3) is 0 Å². The number of amides is 1. The lowest BCUT2D eigenvalue weighted by Crippen LogP contribution is -2.54. The zero-order valence-corrected chi connectivity index (χ0v) is 15.8. The second kappa shape index (κ2) is 7.72. The number of rotatable bonds is 6. The summed E-state index contributed by atoms with van der Waals surface area (Å²) in [6.07, 6.45) is 0.0747. The van der Waals surface area contributed by atoms with E-state index in [2.05, 4.69) is 15.5 Å². The van der Waals surface area contributed by atoms with Crippen LogP contribution in [-0.2, 0) is 4.79 Å². The van der Waals surface area contributed by atoms with Crippen LogP contribution in [0.5, 0.6) is 5.75 Å². The molecule has 0 spiro atoms. The second-order valence-electron chi connectivity index (χ2n) is 6.90. The molecule has 1 saturated heterocycles. The zero-order valence-electron chi connectivity index (χ0n) is 15.8. The fourth-order valence-electron chi connectivity index (χ4n) is 3.13. The van der Waals surface area contributed by atoms with Gasteiger partial charge in [0, 0.05) is 12.5 Å². The van der Waals surface area contributed by atoms with E-state index >= 15 is 0 Å². The molecule has 3 aromatic rings. The molecule has 1 aromatic heterocycles. The quantitative estimate of drug-likeness (QED) is 0.709. The highest BCUT2D eigenvalue weighted by Gasteiger charge is 2.32. The maximum absolute atomic E-state index is 11.2. The molecule has 144 valence electrons. The smallest absolute Gasteiger partial charge is 0.324 e. The van der Waals surface area contributed by atoms with E-state index < -0.39 is 0 Å². The third-order valence-corrected chi connectivity index (χ3v) is 4.67. The van der Waals surface area contributed by atoms with E-state index in [1.165, 1.54) is 6.92 Å². The predicted octanol–water partition coefficient (Wildman–Crippen LogP) is 3.20. The Morgan fingerprint density at radius 2 is 1.89 bits per heavy atom. The highest BCUT2D eigenvalue weighted by molar-refractivity contribution is 5.73. The van der Waals surface area contributed by atoms with Crippen LogP contribution < -0.4 is 15.0 Å². The zero-order chi connectivity index (χ0) is 19.5. The summed E-state index contributed by atoms with van der Waals surface area (Å²) < 4.78 is 11.4. The third kappa shape index (κ3) is 3.98. The molecule has 7 nitrogen and oxygen atoms in total. The first-order chi connectivity index (χ1) is 13.6. The molecule has 7 heteroatoms. The molecule has 1 aliphatic rings. The standard InChI is InChI=1S/C21H22N4O3/c1-14(22-15(2)26)16-8-10-18(11-9-16)27-19-12-25(13-19)21-23-20(24-28-21)17-6-4-3-5-7-17/h3-11,14,19H,12-13H2,1-2H3,(H,22,26). The average Bonchev–Trinajstić information content (AvgIpc) is 3.14. The summed E-state index contributed by atoms with van der Waals surface area (Å²) in [5, 5.41) is 6.92. The third-order valence-electron chi connectivity index (χ3n) is 4.67. The van der Waals surface area contributed by atoms with Gasteiger partial charge in [0.15, 0.2) is 0 Å². The van der Waals surface area contributed by atoms with Crippen molar-refractivity contribution in [3.05, 3.63) is 60.2 Å². The molecule has 28 heavy (non-hydrogen) atoms. The lowest BCUT2D eigenvalue weighted by Gasteiger charge is -2.37. The molecule has 1 amide bonds. The van der Waals surface area contributed by atoms with Gasteiger partial charge in [0.1, 0.15) is 11.9 Å². The lowest BCUT2D eigenvalue weighted by molar-refractivity contribution is -0.119. The van der Waals surface area contributed by atoms with Crippen LogP contribution in [0.15, 0.2) is 59.1 Å². The summed E-state index contributed by atoms with van der Waals surface area (Å²) in [7, 11) is 0. The Kier molecular flexibility index (Phi) is 4.97. The van der Waals surface area contributed by atoms with Crippen LogP contribution in [0.2, 0.25) is 0 Å². The number of hydrogen-bond acceptors (Lipinski definition) is 6. The molecule has 1 N–H and O–H groups in total. The van der Waals surface area contributed by atoms with Crippen LogP contribution >= 0.6 is 0 Å². The van der Waals surface area contributed by atoms with Gasteiger partial charge in [-0.25, -0.2) is 0 Å². The number of nitrogens with zero attached hydrogens (tertiary/aromatic N) is 3. The summed E-state index contributed by atoms with van der Waals surface area (Å²) in [6, 6.07) is 18.0. The molecule has 2 heterocycles. The fraction of sp³-hybridized carbons (Fsp3) is 0.286. The van der Waals surface area contributed by atoms with Crippen molar-refractivity contribution in [3.8, 4) is 17.1 Å². The minimum Gasteiger partial charge on any atom is -0.487 e. The normalized spacial score (nSPS) is 15.0. The van der Waals surface area contributed by atoms with E-state index in [1.807, 2.05) is 66.4 Å². The van der Waals surface area contributed by atoms with E-state index in [1.54, 1.807) is 0 Å². The minimum absolute atomic E-state index is 0.0259. The van der Waals surface area contributed by atoms with Gasteiger partial charge < -0.3 is 19.5 Å². The van der Waals surface area contributed by atoms with Crippen LogP contribution in [0.3, 0.4) is 0 Å². The summed E-state index contributed by atoms with van der Waals surface area (Å²) in [6.45, 7) is 4.86. The van der Waals surface area contributed by atoms with Crippen molar-refractivity contribution in [2.45, 2.75) is 26.0 Å². The van der Waals surface area contributed by atoms with Crippen molar-refractivity contribution >= 4 is 11.9 Å². The van der Waals surface area contributed by atoms with Crippen molar-refractivity contribution in [2.24, 2.45) is 0 Å². The first-order valence-corrected chi connectivity index (χ1v) is 9.26. The Bertz CT molecular complexity index is 934. The van der Waals surface area contributed by atoms with Crippen LogP contribution in [0.1, 0.15) is 25.5 Å². The maximum atomic E-state index is 11.2. The van der Waals surface area contributed by atoms with Gasteiger partial charge in [-0.3, -0.25) is 4.79 Å². The highest BCUT2D eigenvalue weighted by atomic mass is 16.5. The number of ether oxygens (including phenoxy) is 1. The Hall–Kier alpha value is -3.35. The van der Waals surface area contributed by atoms with Crippen LogP contribution in [0.25, 0.3) is 11.4 Å². The molecular formula is C21H22N4O3. The number of benzene rings is 2. The minimum atomic E-state index is -0.0427. The number of hydrogen-bond donors (Lipinski definition) is 1. The molecule has 0 saturated carbocycles. The van der Waals surface area contributed by atoms with E-state index in [9.17, 15) is 4.79 Å². The van der Waals surface area contributed by atoms with Crippen molar-refractivity contribution in [3.63, 3.8) is 0 Å². The van der Waals surface area contributed by atoms with Gasteiger partial charge in [-0.15, -0.1) is 0 Å². The molecule has 2 aromatic carbocycles. The molecule has 1 unspecified atom stereocenters. The molecular weight excluding hydrogens is 356 g/mol. The monoisotopic (exact) mass is 378 g/mol. The predicted molar refractivity (Wildman–Crippen MR) is 105 cm³/mol. The van der Waals surface area contributed by atoms with Crippen LogP contribution in [0.4, 0.5) is 6.01 Å². The number of aromatic nitrogens is 2. The van der Waals surface area contributed by atoms with E-state index in [0.717, 1.165) is 16.9 Å². The van der Waals surface area contributed by atoms with Crippen LogP contribution in [0, 0.1) is 0 Å². The van der Waals surface area contributed by atoms with Crippen molar-refractivity contribution in [1.82, 2.24) is 15.5 Å². The summed E-state index contributed by atoms with van der Waals surface area (Å²) >= 11 is 0. The Morgan fingerprint density at radius 3 is 2.57 bits per heavy atom. The Morgan fingerprint density at radius 1 is 1.18 bits per heavy atom. The Balaban J connectivity index is 1.30. The van der Waals surface area contributed by atoms with Gasteiger partial charge in [-0.1, -0.05) is 47.6 Å². The van der Waals surface area contributed by atoms with Crippen molar-refractivity contribution in [2.75, 3.05) is 18.0 Å². The number of carbonyl (C=O) groups is 1. The van der Waals surface area contributed by atoms with Gasteiger partial charge >= 0.3 is 6.01 Å². The molecule has 0 bridgehead atoms. The summed E-state index contributed by atoms with van der Waals surface area (Å²) in [5.74, 6) is 1.35. The molecule has 0 radical (unpaired) electrons. The largest absolute Gasteiger partial charge is 0.487 e. The molecule has 1 atom stereocenters. The fourth-order valence-corrected chi connectivity index (χ4v) is 3.13. The average molecular weight is 378 g/mol. The first kappa shape index (κ1) is 18.0. The SMILES string of the molecule is CC(=O)NC(C)c1ccc(OC2CN(c3nc(-c4ccccc4)no3)C2)cc1. The molecule has 1 fully saturated rings. The topological polar surface area (TPSA) is 80.5 Å². The van der Waals surface area contributed by atoms with E-state index in [4.69, 9.17) is 9.26 Å². The van der Waals surface area contributed by atoms with Gasteiger partial charge in [-0.05, 0) is 24.6 Å². The lowest BCUT2D eigenvalue weighted by atomic mass is 10.1. The number of nitrogens with one attached hydrogen (secondary N) is 1.